The van der Waals surface area contributed by atoms with Crippen molar-refractivity contribution < 1.29 is 8.78 Å². The lowest BCUT2D eigenvalue weighted by molar-refractivity contribution is 0.507. The number of rotatable bonds is 2. The molecule has 0 aliphatic carbocycles. The summed E-state index contributed by atoms with van der Waals surface area (Å²) < 4.78 is 27.5. The van der Waals surface area contributed by atoms with Crippen molar-refractivity contribution in [3.63, 3.8) is 0 Å². The number of nitriles is 2. The number of hydrogen-bond donors (Lipinski definition) is 0. The molecule has 2 aromatic carbocycles. The molecule has 0 aromatic heterocycles. The molecule has 98 valence electrons. The molecular formula is C15H9F2N3. The second-order valence-electron chi connectivity index (χ2n) is 4.09. The van der Waals surface area contributed by atoms with Crippen LogP contribution < -0.4 is 4.90 Å². The fourth-order valence-electron chi connectivity index (χ4n) is 1.78. The van der Waals surface area contributed by atoms with Gasteiger partial charge in [-0.15, -0.1) is 0 Å². The van der Waals surface area contributed by atoms with Crippen molar-refractivity contribution in [1.82, 2.24) is 0 Å². The van der Waals surface area contributed by atoms with Crippen molar-refractivity contribution in [2.45, 2.75) is 0 Å². The molecule has 0 atom stereocenters. The van der Waals surface area contributed by atoms with Crippen LogP contribution in [0.4, 0.5) is 20.2 Å². The summed E-state index contributed by atoms with van der Waals surface area (Å²) in [5.41, 5.74) is 0.770. The van der Waals surface area contributed by atoms with Crippen LogP contribution in [0.15, 0.2) is 36.4 Å². The van der Waals surface area contributed by atoms with E-state index in [-0.39, 0.29) is 11.3 Å². The maximum absolute atomic E-state index is 13.9. The summed E-state index contributed by atoms with van der Waals surface area (Å²) >= 11 is 0. The minimum Gasteiger partial charge on any atom is -0.342 e. The van der Waals surface area contributed by atoms with Gasteiger partial charge in [0.1, 0.15) is 6.07 Å². The van der Waals surface area contributed by atoms with Gasteiger partial charge in [0.2, 0.25) is 0 Å². The van der Waals surface area contributed by atoms with Crippen molar-refractivity contribution in [2.24, 2.45) is 0 Å². The van der Waals surface area contributed by atoms with Crippen molar-refractivity contribution in [3.8, 4) is 12.1 Å². The Hall–Kier alpha value is -2.92. The van der Waals surface area contributed by atoms with Gasteiger partial charge in [0, 0.05) is 12.7 Å². The van der Waals surface area contributed by atoms with Crippen molar-refractivity contribution in [1.29, 1.82) is 10.5 Å². The molecule has 0 saturated heterocycles. The second kappa shape index (κ2) is 5.38. The highest BCUT2D eigenvalue weighted by atomic mass is 19.2. The van der Waals surface area contributed by atoms with E-state index in [2.05, 4.69) is 0 Å². The molecule has 20 heavy (non-hydrogen) atoms. The van der Waals surface area contributed by atoms with E-state index in [9.17, 15) is 8.78 Å². The Kier molecular flexibility index (Phi) is 3.63. The SMILES string of the molecule is CN(c1ccc(C#N)cc1)c1ccc(C#N)c(F)c1F. The van der Waals surface area contributed by atoms with E-state index in [1.54, 1.807) is 37.4 Å². The van der Waals surface area contributed by atoms with E-state index in [0.717, 1.165) is 0 Å². The Morgan fingerprint density at radius 2 is 1.55 bits per heavy atom. The average molecular weight is 269 g/mol. The number of hydrogen-bond acceptors (Lipinski definition) is 3. The minimum absolute atomic E-state index is 0.0196. The lowest BCUT2D eigenvalue weighted by Crippen LogP contribution is -2.12. The van der Waals surface area contributed by atoms with Crippen LogP contribution in [0.1, 0.15) is 11.1 Å². The summed E-state index contributed by atoms with van der Waals surface area (Å²) in [5, 5.41) is 17.4. The van der Waals surface area contributed by atoms with E-state index in [1.165, 1.54) is 17.0 Å². The van der Waals surface area contributed by atoms with E-state index in [0.29, 0.717) is 11.3 Å². The van der Waals surface area contributed by atoms with Crippen LogP contribution in [0.2, 0.25) is 0 Å². The maximum atomic E-state index is 13.9. The first-order valence-corrected chi connectivity index (χ1v) is 5.70. The predicted molar refractivity (Wildman–Crippen MR) is 70.3 cm³/mol. The van der Waals surface area contributed by atoms with Crippen LogP contribution in [0.25, 0.3) is 0 Å². The van der Waals surface area contributed by atoms with E-state index < -0.39 is 11.6 Å². The van der Waals surface area contributed by atoms with Gasteiger partial charge in [0.15, 0.2) is 11.6 Å². The van der Waals surface area contributed by atoms with Gasteiger partial charge >= 0.3 is 0 Å². The fraction of sp³-hybridized carbons (Fsp3) is 0.0667. The van der Waals surface area contributed by atoms with Gasteiger partial charge in [0.05, 0.1) is 22.9 Å². The van der Waals surface area contributed by atoms with E-state index >= 15 is 0 Å². The van der Waals surface area contributed by atoms with Crippen LogP contribution >= 0.6 is 0 Å². The van der Waals surface area contributed by atoms with Crippen LogP contribution in [0, 0.1) is 34.3 Å². The Morgan fingerprint density at radius 3 is 2.10 bits per heavy atom. The first kappa shape index (κ1) is 13.5. The predicted octanol–water partition coefficient (Wildman–Crippen LogP) is 3.48. The highest BCUT2D eigenvalue weighted by Crippen LogP contribution is 2.28. The normalized spacial score (nSPS) is 9.65. The van der Waals surface area contributed by atoms with E-state index in [4.69, 9.17) is 10.5 Å². The molecule has 0 radical (unpaired) electrons. The Labute approximate surface area is 114 Å². The van der Waals surface area contributed by atoms with Crippen LogP contribution in [0.3, 0.4) is 0 Å². The quantitative estimate of drug-likeness (QED) is 0.838. The monoisotopic (exact) mass is 269 g/mol. The maximum Gasteiger partial charge on any atom is 0.183 e. The smallest absolute Gasteiger partial charge is 0.183 e. The van der Waals surface area contributed by atoms with Crippen LogP contribution in [-0.4, -0.2) is 7.05 Å². The molecule has 0 bridgehead atoms. The molecule has 0 saturated carbocycles. The fourth-order valence-corrected chi connectivity index (χ4v) is 1.78. The highest BCUT2D eigenvalue weighted by Gasteiger charge is 2.16. The molecule has 0 heterocycles. The average Bonchev–Trinajstić information content (AvgIpc) is 2.49. The molecule has 0 unspecified atom stereocenters. The number of nitrogens with zero attached hydrogens (tertiary/aromatic N) is 3. The van der Waals surface area contributed by atoms with Gasteiger partial charge in [-0.3, -0.25) is 0 Å². The summed E-state index contributed by atoms with van der Waals surface area (Å²) in [6.07, 6.45) is 0. The van der Waals surface area contributed by atoms with Crippen LogP contribution in [0.5, 0.6) is 0 Å². The molecule has 0 amide bonds. The van der Waals surface area contributed by atoms with Gasteiger partial charge in [-0.1, -0.05) is 0 Å². The number of anilines is 2. The topological polar surface area (TPSA) is 50.8 Å². The first-order valence-electron chi connectivity index (χ1n) is 5.70. The largest absolute Gasteiger partial charge is 0.342 e. The number of halogens is 2. The summed E-state index contributed by atoms with van der Waals surface area (Å²) in [6, 6.07) is 12.6. The number of benzene rings is 2. The van der Waals surface area contributed by atoms with Gasteiger partial charge in [-0.05, 0) is 36.4 Å². The van der Waals surface area contributed by atoms with Crippen LogP contribution in [-0.2, 0) is 0 Å². The standard InChI is InChI=1S/C15H9F2N3/c1-20(12-5-2-10(8-18)3-6-12)13-7-4-11(9-19)14(16)15(13)17/h2-7H,1H3. The third-order valence-electron chi connectivity index (χ3n) is 2.93. The molecule has 0 fully saturated rings. The molecule has 0 aliphatic heterocycles. The van der Waals surface area contributed by atoms with Gasteiger partial charge in [-0.2, -0.15) is 10.5 Å². The molecular weight excluding hydrogens is 260 g/mol. The zero-order valence-electron chi connectivity index (χ0n) is 10.6. The molecule has 3 nitrogen and oxygen atoms in total. The summed E-state index contributed by atoms with van der Waals surface area (Å²) in [7, 11) is 1.57. The Morgan fingerprint density at radius 1 is 0.900 bits per heavy atom. The zero-order chi connectivity index (χ0) is 14.7. The summed E-state index contributed by atoms with van der Waals surface area (Å²) in [6.45, 7) is 0. The van der Waals surface area contributed by atoms with Gasteiger partial charge < -0.3 is 4.90 Å². The van der Waals surface area contributed by atoms with Gasteiger partial charge in [0.25, 0.3) is 0 Å². The molecule has 0 spiro atoms. The van der Waals surface area contributed by atoms with Crippen molar-refractivity contribution in [2.75, 3.05) is 11.9 Å². The highest BCUT2D eigenvalue weighted by molar-refractivity contribution is 5.64. The summed E-state index contributed by atoms with van der Waals surface area (Å²) in [5.74, 6) is -2.23. The molecule has 0 N–H and O–H groups in total. The lowest BCUT2D eigenvalue weighted by Gasteiger charge is -2.20. The van der Waals surface area contributed by atoms with Crippen molar-refractivity contribution in [3.05, 3.63) is 59.2 Å². The third-order valence-corrected chi connectivity index (χ3v) is 2.93. The lowest BCUT2D eigenvalue weighted by atomic mass is 10.1. The zero-order valence-corrected chi connectivity index (χ0v) is 10.6. The minimum atomic E-state index is -1.16. The third kappa shape index (κ3) is 2.30. The van der Waals surface area contributed by atoms with Gasteiger partial charge in [-0.25, -0.2) is 8.78 Å². The molecule has 2 rings (SSSR count). The molecule has 2 aromatic rings. The first-order chi connectivity index (χ1) is 9.58. The Balaban J connectivity index is 2.43. The second-order valence-corrected chi connectivity index (χ2v) is 4.09. The molecule has 0 aliphatic rings. The summed E-state index contributed by atoms with van der Waals surface area (Å²) in [4.78, 5) is 1.45. The molecule has 5 heteroatoms. The van der Waals surface area contributed by atoms with E-state index in [1.807, 2.05) is 6.07 Å². The van der Waals surface area contributed by atoms with Crippen molar-refractivity contribution >= 4 is 11.4 Å². The Bertz CT molecular complexity index is 725.